The minimum Gasteiger partial charge on any atom is -0.493 e. The standard InChI is InChI=1S/C19H23N3O5/c1-12(2)11-26-16-7-14(8-17(9-16)27-13(3)4)19(23)21-18-6-5-15(10-20-18)22(24)25/h5-10,12-13H,11H2,1-4H3,(H,20,21,23). The fourth-order valence-electron chi connectivity index (χ4n) is 2.15. The van der Waals surface area contributed by atoms with Crippen LogP contribution < -0.4 is 14.8 Å². The molecule has 0 aliphatic heterocycles. The second-order valence-electron chi connectivity index (χ2n) is 6.68. The highest BCUT2D eigenvalue weighted by Gasteiger charge is 2.13. The highest BCUT2D eigenvalue weighted by Crippen LogP contribution is 2.25. The molecule has 1 amide bonds. The summed E-state index contributed by atoms with van der Waals surface area (Å²) in [6.07, 6.45) is 1.03. The van der Waals surface area contributed by atoms with E-state index in [0.717, 1.165) is 6.20 Å². The molecule has 0 atom stereocenters. The molecule has 0 spiro atoms. The lowest BCUT2D eigenvalue weighted by Gasteiger charge is -2.15. The van der Waals surface area contributed by atoms with Gasteiger partial charge in [-0.05, 0) is 38.0 Å². The summed E-state index contributed by atoms with van der Waals surface area (Å²) in [5.74, 6) is 1.18. The Balaban J connectivity index is 2.21. The lowest BCUT2D eigenvalue weighted by atomic mass is 10.1. The van der Waals surface area contributed by atoms with E-state index < -0.39 is 10.8 Å². The van der Waals surface area contributed by atoms with Crippen molar-refractivity contribution in [2.75, 3.05) is 11.9 Å². The summed E-state index contributed by atoms with van der Waals surface area (Å²) < 4.78 is 11.4. The van der Waals surface area contributed by atoms with Crippen molar-refractivity contribution in [1.29, 1.82) is 0 Å². The molecule has 0 saturated carbocycles. The van der Waals surface area contributed by atoms with Crippen molar-refractivity contribution < 1.29 is 19.2 Å². The van der Waals surface area contributed by atoms with Crippen molar-refractivity contribution in [2.45, 2.75) is 33.8 Å². The van der Waals surface area contributed by atoms with Crippen LogP contribution in [0.5, 0.6) is 11.5 Å². The smallest absolute Gasteiger partial charge is 0.287 e. The van der Waals surface area contributed by atoms with Crippen molar-refractivity contribution in [2.24, 2.45) is 5.92 Å². The Morgan fingerprint density at radius 3 is 2.44 bits per heavy atom. The summed E-state index contributed by atoms with van der Waals surface area (Å²) >= 11 is 0. The number of carbonyl (C=O) groups excluding carboxylic acids is 1. The van der Waals surface area contributed by atoms with Gasteiger partial charge in [0.05, 0.1) is 17.6 Å². The summed E-state index contributed by atoms with van der Waals surface area (Å²) in [6, 6.07) is 7.63. The monoisotopic (exact) mass is 373 g/mol. The molecule has 0 fully saturated rings. The number of pyridine rings is 1. The number of rotatable bonds is 8. The Morgan fingerprint density at radius 2 is 1.89 bits per heavy atom. The Labute approximate surface area is 157 Å². The summed E-state index contributed by atoms with van der Waals surface area (Å²) in [7, 11) is 0. The summed E-state index contributed by atoms with van der Waals surface area (Å²) in [5, 5.41) is 13.3. The quantitative estimate of drug-likeness (QED) is 0.553. The first-order valence-corrected chi connectivity index (χ1v) is 8.61. The molecule has 2 rings (SSSR count). The number of aromatic nitrogens is 1. The summed E-state index contributed by atoms with van der Waals surface area (Å²) in [4.78, 5) is 26.6. The average molecular weight is 373 g/mol. The molecule has 0 aliphatic rings. The molecule has 8 nitrogen and oxygen atoms in total. The van der Waals surface area contributed by atoms with Gasteiger partial charge in [-0.1, -0.05) is 13.8 Å². The normalized spacial score (nSPS) is 10.7. The van der Waals surface area contributed by atoms with Crippen LogP contribution in [0.4, 0.5) is 11.5 Å². The van der Waals surface area contributed by atoms with Crippen LogP contribution >= 0.6 is 0 Å². The molecule has 2 aromatic rings. The SMILES string of the molecule is CC(C)COc1cc(OC(C)C)cc(C(=O)Nc2ccc([N+](=O)[O-])cn2)c1. The Kier molecular flexibility index (Phi) is 6.70. The van der Waals surface area contributed by atoms with E-state index in [1.807, 2.05) is 27.7 Å². The van der Waals surface area contributed by atoms with Gasteiger partial charge < -0.3 is 14.8 Å². The first-order valence-electron chi connectivity index (χ1n) is 8.61. The Bertz CT molecular complexity index is 803. The number of nitrogens with one attached hydrogen (secondary N) is 1. The molecule has 0 saturated heterocycles. The maximum Gasteiger partial charge on any atom is 0.287 e. The van der Waals surface area contributed by atoms with Crippen LogP contribution in [-0.4, -0.2) is 28.5 Å². The van der Waals surface area contributed by atoms with Crippen LogP contribution in [0, 0.1) is 16.0 Å². The fraction of sp³-hybridized carbons (Fsp3) is 0.368. The van der Waals surface area contributed by atoms with Gasteiger partial charge in [-0.3, -0.25) is 14.9 Å². The zero-order chi connectivity index (χ0) is 20.0. The van der Waals surface area contributed by atoms with Gasteiger partial charge in [-0.15, -0.1) is 0 Å². The van der Waals surface area contributed by atoms with Crippen LogP contribution in [0.15, 0.2) is 36.5 Å². The van der Waals surface area contributed by atoms with E-state index in [1.165, 1.54) is 12.1 Å². The summed E-state index contributed by atoms with van der Waals surface area (Å²) in [5.41, 5.74) is 0.191. The highest BCUT2D eigenvalue weighted by atomic mass is 16.6. The predicted molar refractivity (Wildman–Crippen MR) is 101 cm³/mol. The Morgan fingerprint density at radius 1 is 1.19 bits per heavy atom. The maximum atomic E-state index is 12.6. The first-order chi connectivity index (χ1) is 12.7. The first kappa shape index (κ1) is 20.2. The van der Waals surface area contributed by atoms with Gasteiger partial charge >= 0.3 is 0 Å². The maximum absolute atomic E-state index is 12.6. The molecule has 144 valence electrons. The molecule has 0 radical (unpaired) electrons. The molecule has 8 heteroatoms. The number of nitro groups is 1. The van der Waals surface area contributed by atoms with E-state index in [-0.39, 0.29) is 17.6 Å². The molecule has 1 aromatic heterocycles. The Hall–Kier alpha value is -3.16. The van der Waals surface area contributed by atoms with Gasteiger partial charge in [0.1, 0.15) is 23.5 Å². The molecule has 1 heterocycles. The van der Waals surface area contributed by atoms with E-state index >= 15 is 0 Å². The number of nitrogens with zero attached hydrogens (tertiary/aromatic N) is 2. The van der Waals surface area contributed by atoms with Gasteiger partial charge in [0, 0.05) is 17.7 Å². The van der Waals surface area contributed by atoms with Crippen molar-refractivity contribution >= 4 is 17.4 Å². The third-order valence-electron chi connectivity index (χ3n) is 3.30. The third-order valence-corrected chi connectivity index (χ3v) is 3.30. The lowest BCUT2D eigenvalue weighted by molar-refractivity contribution is -0.385. The largest absolute Gasteiger partial charge is 0.493 e. The van der Waals surface area contributed by atoms with E-state index in [1.54, 1.807) is 18.2 Å². The summed E-state index contributed by atoms with van der Waals surface area (Å²) in [6.45, 7) is 8.35. The number of hydrogen-bond donors (Lipinski definition) is 1. The molecule has 0 unspecified atom stereocenters. The zero-order valence-corrected chi connectivity index (χ0v) is 15.8. The van der Waals surface area contributed by atoms with Gasteiger partial charge in [-0.2, -0.15) is 0 Å². The van der Waals surface area contributed by atoms with Crippen LogP contribution in [-0.2, 0) is 0 Å². The highest BCUT2D eigenvalue weighted by molar-refractivity contribution is 6.04. The fourth-order valence-corrected chi connectivity index (χ4v) is 2.15. The van der Waals surface area contributed by atoms with Crippen LogP contribution in [0.2, 0.25) is 0 Å². The zero-order valence-electron chi connectivity index (χ0n) is 15.8. The lowest BCUT2D eigenvalue weighted by Crippen LogP contribution is -2.14. The molecular weight excluding hydrogens is 350 g/mol. The number of benzene rings is 1. The second-order valence-corrected chi connectivity index (χ2v) is 6.68. The molecule has 27 heavy (non-hydrogen) atoms. The van der Waals surface area contributed by atoms with Crippen molar-refractivity contribution in [3.8, 4) is 11.5 Å². The molecule has 0 bridgehead atoms. The van der Waals surface area contributed by atoms with E-state index in [2.05, 4.69) is 10.3 Å². The number of anilines is 1. The number of hydrogen-bond acceptors (Lipinski definition) is 6. The van der Waals surface area contributed by atoms with Gasteiger partial charge in [0.25, 0.3) is 11.6 Å². The predicted octanol–water partition coefficient (Wildman–Crippen LogP) is 4.06. The van der Waals surface area contributed by atoms with Crippen molar-refractivity contribution in [1.82, 2.24) is 4.98 Å². The minimum absolute atomic E-state index is 0.0578. The van der Waals surface area contributed by atoms with Gasteiger partial charge in [0.2, 0.25) is 0 Å². The number of amides is 1. The van der Waals surface area contributed by atoms with Crippen LogP contribution in [0.3, 0.4) is 0 Å². The molecule has 0 aliphatic carbocycles. The number of ether oxygens (including phenoxy) is 2. The average Bonchev–Trinajstić information content (AvgIpc) is 2.59. The molecule has 1 aromatic carbocycles. The van der Waals surface area contributed by atoms with Gasteiger partial charge in [-0.25, -0.2) is 4.98 Å². The molecule has 1 N–H and O–H groups in total. The third kappa shape index (κ3) is 6.25. The minimum atomic E-state index is -0.552. The van der Waals surface area contributed by atoms with E-state index in [9.17, 15) is 14.9 Å². The topological polar surface area (TPSA) is 104 Å². The van der Waals surface area contributed by atoms with Crippen LogP contribution in [0.1, 0.15) is 38.1 Å². The van der Waals surface area contributed by atoms with Crippen LogP contribution in [0.25, 0.3) is 0 Å². The van der Waals surface area contributed by atoms with Crippen molar-refractivity contribution in [3.63, 3.8) is 0 Å². The van der Waals surface area contributed by atoms with E-state index in [0.29, 0.717) is 29.6 Å². The van der Waals surface area contributed by atoms with Gasteiger partial charge in [0.15, 0.2) is 0 Å². The van der Waals surface area contributed by atoms with E-state index in [4.69, 9.17) is 9.47 Å². The second kappa shape index (κ2) is 8.98. The van der Waals surface area contributed by atoms with Crippen molar-refractivity contribution in [3.05, 3.63) is 52.2 Å². The number of carbonyl (C=O) groups is 1. The molecular formula is C19H23N3O5.